The van der Waals surface area contributed by atoms with Crippen molar-refractivity contribution in [3.63, 3.8) is 0 Å². The van der Waals surface area contributed by atoms with Gasteiger partial charge in [-0.05, 0) is 19.1 Å². The van der Waals surface area contributed by atoms with E-state index in [1.165, 1.54) is 4.57 Å². The minimum Gasteiger partial charge on any atom is -0.496 e. The number of pyridine rings is 1. The Kier molecular flexibility index (Phi) is 3.54. The third kappa shape index (κ3) is 2.31. The molecular formula is C15H13ClN2O4. The average molecular weight is 321 g/mol. The molecule has 0 aliphatic rings. The molecule has 0 aliphatic heterocycles. The van der Waals surface area contributed by atoms with Gasteiger partial charge >= 0.3 is 5.76 Å². The second kappa shape index (κ2) is 5.38. The summed E-state index contributed by atoms with van der Waals surface area (Å²) in [6, 6.07) is 5.28. The van der Waals surface area contributed by atoms with Crippen LogP contribution in [-0.2, 0) is 6.54 Å². The Morgan fingerprint density at radius 2 is 2.14 bits per heavy atom. The maximum Gasteiger partial charge on any atom is 0.417 e. The van der Waals surface area contributed by atoms with Crippen LogP contribution in [0, 0.1) is 6.92 Å². The van der Waals surface area contributed by atoms with E-state index < -0.39 is 5.76 Å². The van der Waals surface area contributed by atoms with Crippen LogP contribution in [-0.4, -0.2) is 16.7 Å². The molecule has 0 fully saturated rings. The number of oxazole rings is 1. The van der Waals surface area contributed by atoms with Crippen molar-refractivity contribution in [3.05, 3.63) is 61.4 Å². The van der Waals surface area contributed by atoms with Crippen LogP contribution in [0.15, 0.2) is 38.4 Å². The number of ether oxygens (including phenoxy) is 1. The van der Waals surface area contributed by atoms with Gasteiger partial charge in [0.2, 0.25) is 0 Å². The number of aryl methyl sites for hydroxylation is 1. The largest absolute Gasteiger partial charge is 0.496 e. The van der Waals surface area contributed by atoms with E-state index in [2.05, 4.69) is 4.98 Å². The molecule has 6 nitrogen and oxygen atoms in total. The Hall–Kier alpha value is -2.47. The smallest absolute Gasteiger partial charge is 0.417 e. The highest BCUT2D eigenvalue weighted by Crippen LogP contribution is 2.27. The number of aromatic amines is 1. The summed E-state index contributed by atoms with van der Waals surface area (Å²) in [6.45, 7) is 1.99. The number of aromatic nitrogens is 2. The van der Waals surface area contributed by atoms with Crippen molar-refractivity contribution in [2.24, 2.45) is 0 Å². The monoisotopic (exact) mass is 320 g/mol. The highest BCUT2D eigenvalue weighted by molar-refractivity contribution is 6.31. The number of H-pyrrole nitrogens is 1. The third-order valence-electron chi connectivity index (χ3n) is 3.46. The Balaban J connectivity index is 2.18. The van der Waals surface area contributed by atoms with Crippen LogP contribution in [0.25, 0.3) is 11.1 Å². The first-order chi connectivity index (χ1) is 10.5. The van der Waals surface area contributed by atoms with Crippen LogP contribution in [0.4, 0.5) is 0 Å². The quantitative estimate of drug-likeness (QED) is 0.803. The van der Waals surface area contributed by atoms with Crippen LogP contribution in [0.1, 0.15) is 11.1 Å². The number of hydrogen-bond donors (Lipinski definition) is 1. The summed E-state index contributed by atoms with van der Waals surface area (Å²) < 4.78 is 11.7. The van der Waals surface area contributed by atoms with E-state index in [4.69, 9.17) is 20.8 Å². The first-order valence-corrected chi connectivity index (χ1v) is 6.93. The SMILES string of the molecule is COc1cccc(Cl)c1Cn1cc(C)c2oc(=O)[nH]c2c1=O. The van der Waals surface area contributed by atoms with Gasteiger partial charge in [-0.1, -0.05) is 17.7 Å². The topological polar surface area (TPSA) is 77.2 Å². The molecule has 0 saturated heterocycles. The minimum atomic E-state index is -0.650. The molecule has 7 heteroatoms. The van der Waals surface area contributed by atoms with Crippen molar-refractivity contribution < 1.29 is 9.15 Å². The fraction of sp³-hybridized carbons (Fsp3) is 0.200. The summed E-state index contributed by atoms with van der Waals surface area (Å²) in [5, 5.41) is 0.504. The lowest BCUT2D eigenvalue weighted by Crippen LogP contribution is -2.21. The van der Waals surface area contributed by atoms with E-state index in [0.29, 0.717) is 21.9 Å². The predicted molar refractivity (Wildman–Crippen MR) is 82.9 cm³/mol. The van der Waals surface area contributed by atoms with Gasteiger partial charge in [0.25, 0.3) is 5.56 Å². The Bertz CT molecular complexity index is 968. The van der Waals surface area contributed by atoms with Crippen molar-refractivity contribution in [1.29, 1.82) is 0 Å². The molecule has 0 radical (unpaired) electrons. The molecule has 3 rings (SSSR count). The van der Waals surface area contributed by atoms with Crippen LogP contribution < -0.4 is 16.1 Å². The molecule has 0 atom stereocenters. The Morgan fingerprint density at radius 3 is 2.86 bits per heavy atom. The molecule has 2 aromatic heterocycles. The molecule has 0 spiro atoms. The molecule has 114 valence electrons. The van der Waals surface area contributed by atoms with Gasteiger partial charge in [-0.25, -0.2) is 4.79 Å². The Morgan fingerprint density at radius 1 is 1.36 bits per heavy atom. The Labute approximate surface area is 129 Å². The predicted octanol–water partition coefficient (Wildman–Crippen LogP) is 2.30. The molecule has 1 N–H and O–H groups in total. The van der Waals surface area contributed by atoms with Gasteiger partial charge in [0.1, 0.15) is 5.75 Å². The fourth-order valence-corrected chi connectivity index (χ4v) is 2.65. The van der Waals surface area contributed by atoms with Gasteiger partial charge in [0, 0.05) is 22.3 Å². The van der Waals surface area contributed by atoms with E-state index in [9.17, 15) is 9.59 Å². The van der Waals surface area contributed by atoms with E-state index in [0.717, 1.165) is 0 Å². The fourth-order valence-electron chi connectivity index (χ4n) is 2.42. The van der Waals surface area contributed by atoms with Crippen molar-refractivity contribution in [2.45, 2.75) is 13.5 Å². The summed E-state index contributed by atoms with van der Waals surface area (Å²) in [5.74, 6) is -0.0545. The number of methoxy groups -OCH3 is 1. The van der Waals surface area contributed by atoms with Crippen molar-refractivity contribution in [3.8, 4) is 5.75 Å². The first kappa shape index (κ1) is 14.5. The number of fused-ring (bicyclic) bond motifs is 1. The van der Waals surface area contributed by atoms with Gasteiger partial charge in [-0.15, -0.1) is 0 Å². The maximum atomic E-state index is 12.5. The first-order valence-electron chi connectivity index (χ1n) is 6.55. The number of hydrogen-bond acceptors (Lipinski definition) is 4. The lowest BCUT2D eigenvalue weighted by molar-refractivity contribution is 0.408. The number of benzene rings is 1. The maximum absolute atomic E-state index is 12.5. The molecule has 2 heterocycles. The van der Waals surface area contributed by atoms with Crippen molar-refractivity contribution in [1.82, 2.24) is 9.55 Å². The third-order valence-corrected chi connectivity index (χ3v) is 3.81. The van der Waals surface area contributed by atoms with Gasteiger partial charge in [0.15, 0.2) is 11.1 Å². The molecule has 0 aliphatic carbocycles. The molecule has 22 heavy (non-hydrogen) atoms. The molecule has 3 aromatic rings. The minimum absolute atomic E-state index is 0.149. The molecule has 0 amide bonds. The average Bonchev–Trinajstić information content (AvgIpc) is 2.89. The van der Waals surface area contributed by atoms with E-state index >= 15 is 0 Å². The number of nitrogens with one attached hydrogen (secondary N) is 1. The molecular weight excluding hydrogens is 308 g/mol. The lowest BCUT2D eigenvalue weighted by atomic mass is 10.2. The number of halogens is 1. The highest BCUT2D eigenvalue weighted by atomic mass is 35.5. The summed E-state index contributed by atoms with van der Waals surface area (Å²) in [4.78, 5) is 26.2. The van der Waals surface area contributed by atoms with E-state index in [1.807, 2.05) is 0 Å². The lowest BCUT2D eigenvalue weighted by Gasteiger charge is -2.12. The molecule has 0 unspecified atom stereocenters. The van der Waals surface area contributed by atoms with Crippen molar-refractivity contribution in [2.75, 3.05) is 7.11 Å². The second-order valence-corrected chi connectivity index (χ2v) is 5.29. The van der Waals surface area contributed by atoms with Gasteiger partial charge in [-0.3, -0.25) is 9.78 Å². The number of rotatable bonds is 3. The summed E-state index contributed by atoms with van der Waals surface area (Å²) >= 11 is 6.20. The summed E-state index contributed by atoms with van der Waals surface area (Å²) in [5.41, 5.74) is 1.44. The second-order valence-electron chi connectivity index (χ2n) is 4.88. The van der Waals surface area contributed by atoms with Crippen LogP contribution in [0.2, 0.25) is 5.02 Å². The zero-order chi connectivity index (χ0) is 15.9. The van der Waals surface area contributed by atoms with Gasteiger partial charge in [-0.2, -0.15) is 0 Å². The summed E-state index contributed by atoms with van der Waals surface area (Å²) in [6.07, 6.45) is 1.63. The molecule has 1 aromatic carbocycles. The zero-order valence-corrected chi connectivity index (χ0v) is 12.7. The highest BCUT2D eigenvalue weighted by Gasteiger charge is 2.14. The summed E-state index contributed by atoms with van der Waals surface area (Å²) in [7, 11) is 1.54. The standard InChI is InChI=1S/C15H13ClN2O4/c1-8-6-18(14(19)12-13(8)22-15(20)17-12)7-9-10(16)4-3-5-11(9)21-2/h3-6H,7H2,1-2H3,(H,17,20). The van der Waals surface area contributed by atoms with Crippen molar-refractivity contribution >= 4 is 22.7 Å². The number of nitrogens with zero attached hydrogens (tertiary/aromatic N) is 1. The van der Waals surface area contributed by atoms with E-state index in [-0.39, 0.29) is 23.2 Å². The zero-order valence-electron chi connectivity index (χ0n) is 12.0. The molecule has 0 bridgehead atoms. The van der Waals surface area contributed by atoms with Gasteiger partial charge in [0.05, 0.1) is 13.7 Å². The molecule has 0 saturated carbocycles. The van der Waals surface area contributed by atoms with Gasteiger partial charge < -0.3 is 13.7 Å². The van der Waals surface area contributed by atoms with Crippen LogP contribution >= 0.6 is 11.6 Å². The van der Waals surface area contributed by atoms with E-state index in [1.54, 1.807) is 38.4 Å². The van der Waals surface area contributed by atoms with Crippen LogP contribution in [0.3, 0.4) is 0 Å². The normalized spacial score (nSPS) is 11.0. The van der Waals surface area contributed by atoms with Crippen LogP contribution in [0.5, 0.6) is 5.75 Å².